The van der Waals surface area contributed by atoms with Crippen molar-refractivity contribution < 1.29 is 27.6 Å². The van der Waals surface area contributed by atoms with Crippen LogP contribution in [0, 0.1) is 5.92 Å². The molecule has 51 heavy (non-hydrogen) atoms. The number of nitrogens with zero attached hydrogens (tertiary/aromatic N) is 1. The van der Waals surface area contributed by atoms with E-state index >= 15 is 0 Å². The molecule has 0 aliphatic heterocycles. The van der Waals surface area contributed by atoms with Crippen molar-refractivity contribution in [3.63, 3.8) is 0 Å². The molecule has 3 rings (SSSR count). The molecule has 3 aromatic rings. The molecular weight excluding hydrogens is 669 g/mol. The van der Waals surface area contributed by atoms with Crippen LogP contribution in [0.1, 0.15) is 78.9 Å². The van der Waals surface area contributed by atoms with Crippen LogP contribution >= 0.6 is 0 Å². The first-order chi connectivity index (χ1) is 24.1. The Labute approximate surface area is 302 Å². The fourth-order valence-corrected chi connectivity index (χ4v) is 5.83. The van der Waals surface area contributed by atoms with Crippen LogP contribution in [0.25, 0.3) is 0 Å². The summed E-state index contributed by atoms with van der Waals surface area (Å²) in [5.41, 5.74) is 2.31. The van der Waals surface area contributed by atoms with E-state index in [1.807, 2.05) is 88.4 Å². The zero-order chi connectivity index (χ0) is 37.7. The number of sulfonamides is 1. The lowest BCUT2D eigenvalue weighted by molar-refractivity contribution is -0.130. The molecule has 0 aromatic heterocycles. The largest absolute Gasteiger partial charge is 0.355 e. The van der Waals surface area contributed by atoms with Gasteiger partial charge in [-0.15, -0.1) is 0 Å². The number of aryl methyl sites for hydroxylation is 1. The van der Waals surface area contributed by atoms with Crippen LogP contribution < -0.4 is 30.9 Å². The van der Waals surface area contributed by atoms with Gasteiger partial charge in [0.1, 0.15) is 6.04 Å². The monoisotopic (exact) mass is 720 g/mol. The fourth-order valence-electron chi connectivity index (χ4n) is 5.34. The smallest absolute Gasteiger partial charge is 0.251 e. The van der Waals surface area contributed by atoms with Crippen LogP contribution in [-0.4, -0.2) is 76.6 Å². The van der Waals surface area contributed by atoms with Gasteiger partial charge in [-0.25, -0.2) is 8.42 Å². The van der Waals surface area contributed by atoms with Gasteiger partial charge in [-0.2, -0.15) is 0 Å². The molecule has 0 saturated heterocycles. The maximum Gasteiger partial charge on any atom is 0.251 e. The van der Waals surface area contributed by atoms with Crippen molar-refractivity contribution in [2.24, 2.45) is 5.92 Å². The molecule has 5 N–H and O–H groups in total. The summed E-state index contributed by atoms with van der Waals surface area (Å²) in [5.74, 6) is -1.73. The first-order valence-corrected chi connectivity index (χ1v) is 19.1. The van der Waals surface area contributed by atoms with Crippen molar-refractivity contribution in [1.29, 1.82) is 0 Å². The van der Waals surface area contributed by atoms with E-state index in [-0.39, 0.29) is 47.1 Å². The maximum absolute atomic E-state index is 13.9. The summed E-state index contributed by atoms with van der Waals surface area (Å²) in [4.78, 5) is 53.0. The van der Waals surface area contributed by atoms with Crippen molar-refractivity contribution in [1.82, 2.24) is 26.6 Å². The van der Waals surface area contributed by atoms with Crippen LogP contribution in [0.3, 0.4) is 0 Å². The topological polar surface area (TPSA) is 166 Å². The molecule has 0 spiro atoms. The Hall–Kier alpha value is -4.75. The van der Waals surface area contributed by atoms with Gasteiger partial charge in [0.2, 0.25) is 21.8 Å². The number of hydrogen-bond donors (Lipinski definition) is 5. The third-order valence-corrected chi connectivity index (χ3v) is 9.78. The number of amides is 4. The van der Waals surface area contributed by atoms with Crippen molar-refractivity contribution in [2.45, 2.75) is 71.6 Å². The third kappa shape index (κ3) is 12.5. The average Bonchev–Trinajstić information content (AvgIpc) is 3.11. The first kappa shape index (κ1) is 40.7. The van der Waals surface area contributed by atoms with Gasteiger partial charge in [-0.05, 0) is 68.9 Å². The van der Waals surface area contributed by atoms with Gasteiger partial charge in [0, 0.05) is 37.3 Å². The Morgan fingerprint density at radius 3 is 1.88 bits per heavy atom. The van der Waals surface area contributed by atoms with Crippen molar-refractivity contribution >= 4 is 39.3 Å². The molecule has 0 radical (unpaired) electrons. The molecule has 0 aliphatic carbocycles. The third-order valence-electron chi connectivity index (χ3n) is 8.57. The molecule has 0 saturated carbocycles. The first-order valence-electron chi connectivity index (χ1n) is 17.2. The van der Waals surface area contributed by atoms with E-state index in [2.05, 4.69) is 26.6 Å². The molecule has 0 unspecified atom stereocenters. The number of rotatable bonds is 18. The van der Waals surface area contributed by atoms with Gasteiger partial charge < -0.3 is 26.6 Å². The summed E-state index contributed by atoms with van der Waals surface area (Å²) in [6.45, 7) is 9.71. The second-order valence-electron chi connectivity index (χ2n) is 13.1. The second kappa shape index (κ2) is 19.0. The molecular formula is C38H52N6O6S. The number of likely N-dealkylation sites (N-methyl/N-ethyl adjacent to an activating group) is 1. The summed E-state index contributed by atoms with van der Waals surface area (Å²) < 4.78 is 26.0. The Morgan fingerprint density at radius 1 is 0.765 bits per heavy atom. The van der Waals surface area contributed by atoms with E-state index in [0.717, 1.165) is 21.7 Å². The molecule has 0 aliphatic rings. The summed E-state index contributed by atoms with van der Waals surface area (Å²) >= 11 is 0. The van der Waals surface area contributed by atoms with E-state index in [0.29, 0.717) is 19.4 Å². The Kier molecular flexibility index (Phi) is 15.2. The molecule has 3 aromatic carbocycles. The lowest BCUT2D eigenvalue weighted by Crippen LogP contribution is -2.55. The number of anilines is 1. The van der Waals surface area contributed by atoms with Crippen LogP contribution in [0.2, 0.25) is 0 Å². The Morgan fingerprint density at radius 2 is 1.33 bits per heavy atom. The van der Waals surface area contributed by atoms with Crippen LogP contribution in [0.4, 0.5) is 5.69 Å². The van der Waals surface area contributed by atoms with Gasteiger partial charge in [0.25, 0.3) is 11.8 Å². The molecule has 276 valence electrons. The van der Waals surface area contributed by atoms with E-state index in [1.54, 1.807) is 6.92 Å². The van der Waals surface area contributed by atoms with Gasteiger partial charge in [0.15, 0.2) is 0 Å². The van der Waals surface area contributed by atoms with Crippen molar-refractivity contribution in [3.8, 4) is 0 Å². The molecule has 4 amide bonds. The highest BCUT2D eigenvalue weighted by atomic mass is 32.2. The molecule has 4 atom stereocenters. The zero-order valence-corrected chi connectivity index (χ0v) is 31.3. The van der Waals surface area contributed by atoms with E-state index in [1.165, 1.54) is 25.2 Å². The minimum absolute atomic E-state index is 0.0951. The maximum atomic E-state index is 13.9. The SMILES string of the molecule is CCNC(=O)[C@@H](NC(=O)[C@H](C)NC[C@H](CCc1ccccc1)NC(=O)c1cc(C(=O)N[C@H](C)c2ccccc2)cc(N(C)S(C)(=O)=O)c1)C(C)C. The predicted octanol–water partition coefficient (Wildman–Crippen LogP) is 3.56. The van der Waals surface area contributed by atoms with Crippen molar-refractivity contribution in [3.05, 3.63) is 101 Å². The standard InChI is InChI=1S/C38H52N6O6S/c1-8-39-38(48)34(25(2)3)43-35(45)27(5)40-24-32(20-19-28-15-11-9-12-16-28)42-37(47)31-21-30(22-33(23-31)44(6)51(7,49)50)36(46)41-26(4)29-17-13-10-14-18-29/h9-18,21-23,25-27,32,34,40H,8,19-20,24H2,1-7H3,(H,39,48)(H,41,46)(H,42,47)(H,43,45)/t26-,27+,32+,34+/m1/s1. The number of benzene rings is 3. The van der Waals surface area contributed by atoms with Gasteiger partial charge in [-0.3, -0.25) is 23.5 Å². The quantitative estimate of drug-likeness (QED) is 0.134. The lowest BCUT2D eigenvalue weighted by atomic mass is 10.0. The second-order valence-corrected chi connectivity index (χ2v) is 15.1. The van der Waals surface area contributed by atoms with E-state index in [4.69, 9.17) is 0 Å². The summed E-state index contributed by atoms with van der Waals surface area (Å²) in [6.07, 6.45) is 2.18. The predicted molar refractivity (Wildman–Crippen MR) is 201 cm³/mol. The normalized spacial score (nSPS) is 13.7. The van der Waals surface area contributed by atoms with Crippen LogP contribution in [0.15, 0.2) is 78.9 Å². The highest BCUT2D eigenvalue weighted by Crippen LogP contribution is 2.22. The minimum Gasteiger partial charge on any atom is -0.355 e. The average molecular weight is 721 g/mol. The highest BCUT2D eigenvalue weighted by Gasteiger charge is 2.27. The van der Waals surface area contributed by atoms with Crippen LogP contribution in [0.5, 0.6) is 0 Å². The molecule has 0 fully saturated rings. The molecule has 0 bridgehead atoms. The molecule has 12 nitrogen and oxygen atoms in total. The number of carbonyl (C=O) groups excluding carboxylic acids is 4. The van der Waals surface area contributed by atoms with E-state index in [9.17, 15) is 27.6 Å². The summed E-state index contributed by atoms with van der Waals surface area (Å²) in [6, 6.07) is 21.2. The summed E-state index contributed by atoms with van der Waals surface area (Å²) in [5, 5.41) is 14.7. The Balaban J connectivity index is 1.85. The highest BCUT2D eigenvalue weighted by molar-refractivity contribution is 7.92. The number of hydrogen-bond acceptors (Lipinski definition) is 7. The van der Waals surface area contributed by atoms with Crippen molar-refractivity contribution in [2.75, 3.05) is 30.7 Å². The molecule has 0 heterocycles. The van der Waals surface area contributed by atoms with Gasteiger partial charge >= 0.3 is 0 Å². The van der Waals surface area contributed by atoms with Gasteiger partial charge in [-0.1, -0.05) is 74.5 Å². The van der Waals surface area contributed by atoms with E-state index < -0.39 is 40.0 Å². The summed E-state index contributed by atoms with van der Waals surface area (Å²) in [7, 11) is -2.36. The zero-order valence-electron chi connectivity index (χ0n) is 30.5. The lowest BCUT2D eigenvalue weighted by Gasteiger charge is -2.25. The minimum atomic E-state index is -3.72. The number of carbonyl (C=O) groups is 4. The molecule has 13 heteroatoms. The van der Waals surface area contributed by atoms with Gasteiger partial charge in [0.05, 0.1) is 24.0 Å². The number of nitrogens with one attached hydrogen (secondary N) is 5. The Bertz CT molecular complexity index is 1740. The van der Waals surface area contributed by atoms with Crippen LogP contribution in [-0.2, 0) is 26.0 Å². The fraction of sp³-hybridized carbons (Fsp3) is 0.421.